The first-order chi connectivity index (χ1) is 11.8. The van der Waals surface area contributed by atoms with Crippen molar-refractivity contribution in [2.45, 2.75) is 25.7 Å². The normalized spacial score (nSPS) is 17.1. The Morgan fingerprint density at radius 1 is 1.40 bits per heavy atom. The molecular weight excluding hydrogens is 320 g/mol. The van der Waals surface area contributed by atoms with Crippen molar-refractivity contribution in [1.29, 1.82) is 0 Å². The van der Waals surface area contributed by atoms with E-state index in [4.69, 9.17) is 0 Å². The van der Waals surface area contributed by atoms with Gasteiger partial charge in [0.1, 0.15) is 0 Å². The summed E-state index contributed by atoms with van der Waals surface area (Å²) in [5.41, 5.74) is 2.41. The Balaban J connectivity index is 1.70. The van der Waals surface area contributed by atoms with Gasteiger partial charge >= 0.3 is 0 Å². The molecule has 0 radical (unpaired) electrons. The zero-order valence-electron chi connectivity index (χ0n) is 15.1. The molecule has 8 heteroatoms. The maximum absolute atomic E-state index is 12.6. The highest BCUT2D eigenvalue weighted by Gasteiger charge is 2.29. The van der Waals surface area contributed by atoms with Gasteiger partial charge in [-0.1, -0.05) is 0 Å². The van der Waals surface area contributed by atoms with E-state index in [-0.39, 0.29) is 17.4 Å². The quantitative estimate of drug-likeness (QED) is 0.869. The molecule has 25 heavy (non-hydrogen) atoms. The van der Waals surface area contributed by atoms with Gasteiger partial charge in [-0.25, -0.2) is 4.98 Å². The van der Waals surface area contributed by atoms with Gasteiger partial charge < -0.3 is 9.80 Å². The number of amides is 1. The van der Waals surface area contributed by atoms with Crippen LogP contribution in [0.15, 0.2) is 16.9 Å². The molecule has 1 aliphatic rings. The zero-order valence-corrected chi connectivity index (χ0v) is 15.1. The minimum atomic E-state index is -0.163. The maximum Gasteiger partial charge on any atom is 0.252 e. The van der Waals surface area contributed by atoms with E-state index >= 15 is 0 Å². The summed E-state index contributed by atoms with van der Waals surface area (Å²) in [7, 11) is 5.52. The third-order valence-corrected chi connectivity index (χ3v) is 4.56. The number of carbonyl (C=O) groups excluding carboxylic acids is 1. The van der Waals surface area contributed by atoms with Crippen LogP contribution in [0.5, 0.6) is 0 Å². The Bertz CT molecular complexity index is 838. The Hall–Kier alpha value is -2.64. The van der Waals surface area contributed by atoms with Gasteiger partial charge in [0, 0.05) is 51.9 Å². The Morgan fingerprint density at radius 2 is 2.16 bits per heavy atom. The van der Waals surface area contributed by atoms with Crippen LogP contribution in [0.3, 0.4) is 0 Å². The van der Waals surface area contributed by atoms with Crippen molar-refractivity contribution in [3.63, 3.8) is 0 Å². The molecule has 1 fully saturated rings. The summed E-state index contributed by atoms with van der Waals surface area (Å²) in [4.78, 5) is 35.3. The second-order valence-corrected chi connectivity index (χ2v) is 6.79. The van der Waals surface area contributed by atoms with Crippen molar-refractivity contribution in [3.05, 3.63) is 39.6 Å². The first kappa shape index (κ1) is 17.2. The maximum atomic E-state index is 12.6. The van der Waals surface area contributed by atoms with Gasteiger partial charge in [0.2, 0.25) is 11.9 Å². The Labute approximate surface area is 146 Å². The van der Waals surface area contributed by atoms with Crippen molar-refractivity contribution < 1.29 is 4.79 Å². The molecule has 0 aliphatic carbocycles. The average molecular weight is 344 g/mol. The van der Waals surface area contributed by atoms with Crippen LogP contribution in [0.1, 0.15) is 29.4 Å². The second-order valence-electron chi connectivity index (χ2n) is 6.79. The number of likely N-dealkylation sites (tertiary alicyclic amines) is 1. The molecule has 1 aliphatic heterocycles. The SMILES string of the molecule is Cc1cc(CC(=O)N2CCC(c3cc(=O)[nH]c(N(C)C)n3)C2)n(C)n1. The lowest BCUT2D eigenvalue weighted by Crippen LogP contribution is -2.30. The van der Waals surface area contributed by atoms with Crippen LogP contribution in [0, 0.1) is 6.92 Å². The van der Waals surface area contributed by atoms with Gasteiger partial charge in [-0.3, -0.25) is 19.3 Å². The van der Waals surface area contributed by atoms with Crippen molar-refractivity contribution >= 4 is 11.9 Å². The molecule has 1 unspecified atom stereocenters. The molecule has 0 aromatic carbocycles. The molecule has 1 amide bonds. The molecule has 0 saturated carbocycles. The minimum absolute atomic E-state index is 0.0863. The number of aromatic amines is 1. The number of H-pyrrole nitrogens is 1. The van der Waals surface area contributed by atoms with Gasteiger partial charge in [-0.15, -0.1) is 0 Å². The van der Waals surface area contributed by atoms with Gasteiger partial charge in [0.25, 0.3) is 5.56 Å². The predicted octanol–water partition coefficient (Wildman–Crippen LogP) is 0.436. The minimum Gasteiger partial charge on any atom is -0.348 e. The summed E-state index contributed by atoms with van der Waals surface area (Å²) in [5, 5.41) is 4.28. The van der Waals surface area contributed by atoms with Gasteiger partial charge in [0.05, 0.1) is 17.8 Å². The second kappa shape index (κ2) is 6.70. The third-order valence-electron chi connectivity index (χ3n) is 4.56. The summed E-state index contributed by atoms with van der Waals surface area (Å²) in [6.45, 7) is 3.20. The van der Waals surface area contributed by atoms with E-state index in [1.807, 2.05) is 39.0 Å². The molecule has 1 N–H and O–H groups in total. The molecular formula is C17H24N6O2. The fourth-order valence-electron chi connectivity index (χ4n) is 3.21. The number of rotatable bonds is 4. The Kier molecular flexibility index (Phi) is 4.61. The number of aryl methyl sites for hydroxylation is 2. The van der Waals surface area contributed by atoms with Crippen LogP contribution in [0.4, 0.5) is 5.95 Å². The van der Waals surface area contributed by atoms with Crippen LogP contribution in [0.25, 0.3) is 0 Å². The van der Waals surface area contributed by atoms with Crippen LogP contribution < -0.4 is 10.5 Å². The van der Waals surface area contributed by atoms with Gasteiger partial charge in [-0.2, -0.15) is 5.10 Å². The van der Waals surface area contributed by atoms with Crippen LogP contribution in [0.2, 0.25) is 0 Å². The van der Waals surface area contributed by atoms with E-state index in [9.17, 15) is 9.59 Å². The first-order valence-electron chi connectivity index (χ1n) is 8.39. The highest BCUT2D eigenvalue weighted by molar-refractivity contribution is 5.78. The molecule has 2 aromatic rings. The van der Waals surface area contributed by atoms with Crippen LogP contribution in [-0.4, -0.2) is 57.7 Å². The first-order valence-corrected chi connectivity index (χ1v) is 8.39. The molecule has 8 nitrogen and oxygen atoms in total. The summed E-state index contributed by atoms with van der Waals surface area (Å²) in [6, 6.07) is 3.48. The summed E-state index contributed by atoms with van der Waals surface area (Å²) >= 11 is 0. The highest BCUT2D eigenvalue weighted by Crippen LogP contribution is 2.26. The highest BCUT2D eigenvalue weighted by atomic mass is 16.2. The van der Waals surface area contributed by atoms with E-state index in [0.29, 0.717) is 25.5 Å². The number of nitrogens with zero attached hydrogens (tertiary/aromatic N) is 5. The van der Waals surface area contributed by atoms with E-state index in [2.05, 4.69) is 15.1 Å². The summed E-state index contributed by atoms with van der Waals surface area (Å²) in [5.74, 6) is 0.721. The number of hydrogen-bond acceptors (Lipinski definition) is 5. The molecule has 1 saturated heterocycles. The molecule has 0 spiro atoms. The van der Waals surface area contributed by atoms with Crippen LogP contribution in [-0.2, 0) is 18.3 Å². The molecule has 134 valence electrons. The zero-order chi connectivity index (χ0) is 18.1. The van der Waals surface area contributed by atoms with E-state index in [1.165, 1.54) is 6.07 Å². The lowest BCUT2D eigenvalue weighted by molar-refractivity contribution is -0.129. The fraction of sp³-hybridized carbons (Fsp3) is 0.529. The number of aromatic nitrogens is 4. The van der Waals surface area contributed by atoms with Crippen molar-refractivity contribution in [2.75, 3.05) is 32.1 Å². The molecule has 2 aromatic heterocycles. The van der Waals surface area contributed by atoms with Crippen molar-refractivity contribution in [3.8, 4) is 0 Å². The van der Waals surface area contributed by atoms with E-state index in [0.717, 1.165) is 23.5 Å². The number of carbonyl (C=O) groups is 1. The topological polar surface area (TPSA) is 87.1 Å². The predicted molar refractivity (Wildman–Crippen MR) is 94.8 cm³/mol. The summed E-state index contributed by atoms with van der Waals surface area (Å²) in [6.07, 6.45) is 1.16. The van der Waals surface area contributed by atoms with Crippen molar-refractivity contribution in [2.24, 2.45) is 7.05 Å². The Morgan fingerprint density at radius 3 is 2.80 bits per heavy atom. The molecule has 1 atom stereocenters. The smallest absolute Gasteiger partial charge is 0.252 e. The number of anilines is 1. The van der Waals surface area contributed by atoms with Gasteiger partial charge in [-0.05, 0) is 19.4 Å². The van der Waals surface area contributed by atoms with Gasteiger partial charge in [0.15, 0.2) is 0 Å². The lowest BCUT2D eigenvalue weighted by atomic mass is 10.1. The largest absolute Gasteiger partial charge is 0.348 e. The lowest BCUT2D eigenvalue weighted by Gasteiger charge is -2.17. The monoisotopic (exact) mass is 344 g/mol. The molecule has 3 heterocycles. The van der Waals surface area contributed by atoms with E-state index in [1.54, 1.807) is 9.58 Å². The average Bonchev–Trinajstić information content (AvgIpc) is 3.14. The molecule has 3 rings (SSSR count). The fourth-order valence-corrected chi connectivity index (χ4v) is 3.21. The number of hydrogen-bond donors (Lipinski definition) is 1. The van der Waals surface area contributed by atoms with Crippen molar-refractivity contribution in [1.82, 2.24) is 24.6 Å². The number of nitrogens with one attached hydrogen (secondary N) is 1. The summed E-state index contributed by atoms with van der Waals surface area (Å²) < 4.78 is 1.75. The van der Waals surface area contributed by atoms with Crippen LogP contribution >= 0.6 is 0 Å². The standard InChI is InChI=1S/C17H24N6O2/c1-11-7-13(22(4)20-11)8-16(25)23-6-5-12(10-23)14-9-15(24)19-17(18-14)21(2)3/h7,9,12H,5-6,8,10H2,1-4H3,(H,18,19,24). The third kappa shape index (κ3) is 3.72. The van der Waals surface area contributed by atoms with E-state index < -0.39 is 0 Å². The molecule has 0 bridgehead atoms.